The van der Waals surface area contributed by atoms with E-state index in [4.69, 9.17) is 28.9 Å². The smallest absolute Gasteiger partial charge is 0.193 e. The number of rotatable bonds is 3. The second kappa shape index (κ2) is 5.25. The third kappa shape index (κ3) is 2.79. The van der Waals surface area contributed by atoms with Crippen LogP contribution in [0.4, 0.5) is 4.39 Å². The van der Waals surface area contributed by atoms with Crippen molar-refractivity contribution >= 4 is 39.5 Å². The number of hydrogen-bond donors (Lipinski definition) is 1. The number of halogens is 3. The van der Waals surface area contributed by atoms with E-state index in [1.807, 2.05) is 22.2 Å². The molecule has 2 N–H and O–H groups in total. The molecule has 3 nitrogen and oxygen atoms in total. The fraction of sp³-hybridized carbons (Fsp3) is 0.214. The minimum absolute atomic E-state index is 0.0120. The highest BCUT2D eigenvalue weighted by atomic mass is 35.5. The Labute approximate surface area is 135 Å². The monoisotopic (exact) mass is 343 g/mol. The van der Waals surface area contributed by atoms with E-state index in [0.29, 0.717) is 17.0 Å². The first kappa shape index (κ1) is 14.8. The second-order valence-corrected chi connectivity index (χ2v) is 6.85. The molecule has 0 spiro atoms. The fourth-order valence-corrected chi connectivity index (χ4v) is 3.61. The molecule has 0 bridgehead atoms. The Morgan fingerprint density at radius 1 is 1.38 bits per heavy atom. The van der Waals surface area contributed by atoms with Crippen LogP contribution in [0.3, 0.4) is 0 Å². The predicted molar refractivity (Wildman–Crippen MR) is 84.7 cm³/mol. The summed E-state index contributed by atoms with van der Waals surface area (Å²) in [5.41, 5.74) is 6.85. The molecular weight excluding hydrogens is 332 g/mol. The van der Waals surface area contributed by atoms with Gasteiger partial charge in [-0.15, -0.1) is 11.3 Å². The molecule has 2 heterocycles. The van der Waals surface area contributed by atoms with E-state index in [2.05, 4.69) is 4.98 Å². The molecule has 1 unspecified atom stereocenters. The average molecular weight is 344 g/mol. The topological polar surface area (TPSA) is 43.3 Å². The summed E-state index contributed by atoms with van der Waals surface area (Å²) in [5.74, 6) is -0.529. The number of thiazole rings is 1. The standard InChI is InChI=1S/C14H12Cl2FN3S/c1-14(18,9-4-12(17)11(16)5-10(9)15)6-8-7-20-2-3-21-13(20)19-8/h2-5,7H,6,18H2,1H3. The quantitative estimate of drug-likeness (QED) is 0.722. The van der Waals surface area contributed by atoms with Crippen molar-refractivity contribution in [1.29, 1.82) is 0 Å². The number of benzene rings is 1. The van der Waals surface area contributed by atoms with E-state index in [1.165, 1.54) is 12.1 Å². The van der Waals surface area contributed by atoms with Gasteiger partial charge in [0.2, 0.25) is 0 Å². The lowest BCUT2D eigenvalue weighted by Gasteiger charge is -2.25. The number of nitrogens with two attached hydrogens (primary N) is 1. The zero-order valence-corrected chi connectivity index (χ0v) is 13.4. The van der Waals surface area contributed by atoms with Gasteiger partial charge in [-0.25, -0.2) is 9.37 Å². The van der Waals surface area contributed by atoms with Crippen molar-refractivity contribution in [3.63, 3.8) is 0 Å². The predicted octanol–water partition coefficient (Wildman–Crippen LogP) is 4.26. The van der Waals surface area contributed by atoms with Crippen LogP contribution in [0.2, 0.25) is 10.0 Å². The number of fused-ring (bicyclic) bond motifs is 1. The number of nitrogens with zero attached hydrogens (tertiary/aromatic N) is 2. The van der Waals surface area contributed by atoms with Gasteiger partial charge in [0.05, 0.1) is 10.7 Å². The molecule has 0 aliphatic heterocycles. The summed E-state index contributed by atoms with van der Waals surface area (Å²) in [4.78, 5) is 5.39. The molecule has 3 rings (SSSR count). The third-order valence-corrected chi connectivity index (χ3v) is 4.69. The van der Waals surface area contributed by atoms with E-state index in [1.54, 1.807) is 18.3 Å². The lowest BCUT2D eigenvalue weighted by molar-refractivity contribution is 0.482. The van der Waals surface area contributed by atoms with Gasteiger partial charge < -0.3 is 5.73 Å². The highest BCUT2D eigenvalue weighted by Gasteiger charge is 2.27. The van der Waals surface area contributed by atoms with Crippen molar-refractivity contribution in [2.75, 3.05) is 0 Å². The summed E-state index contributed by atoms with van der Waals surface area (Å²) in [6.07, 6.45) is 4.29. The van der Waals surface area contributed by atoms with E-state index >= 15 is 0 Å². The molecule has 7 heteroatoms. The lowest BCUT2D eigenvalue weighted by atomic mass is 9.88. The molecule has 1 aromatic carbocycles. The van der Waals surface area contributed by atoms with E-state index < -0.39 is 11.4 Å². The molecule has 0 amide bonds. The van der Waals surface area contributed by atoms with E-state index in [0.717, 1.165) is 10.7 Å². The van der Waals surface area contributed by atoms with E-state index in [9.17, 15) is 4.39 Å². The van der Waals surface area contributed by atoms with Crippen molar-refractivity contribution in [1.82, 2.24) is 9.38 Å². The molecule has 3 aromatic rings. The fourth-order valence-electron chi connectivity index (χ4n) is 2.29. The molecule has 0 saturated heterocycles. The minimum Gasteiger partial charge on any atom is -0.321 e. The van der Waals surface area contributed by atoms with Crippen molar-refractivity contribution in [3.05, 3.63) is 57.0 Å². The Kier molecular flexibility index (Phi) is 3.69. The van der Waals surface area contributed by atoms with Gasteiger partial charge in [-0.2, -0.15) is 0 Å². The molecule has 110 valence electrons. The van der Waals surface area contributed by atoms with Crippen molar-refractivity contribution in [2.45, 2.75) is 18.9 Å². The number of hydrogen-bond acceptors (Lipinski definition) is 3. The maximum Gasteiger partial charge on any atom is 0.193 e. The van der Waals surface area contributed by atoms with Crippen molar-refractivity contribution in [2.24, 2.45) is 5.73 Å². The molecule has 21 heavy (non-hydrogen) atoms. The SMILES string of the molecule is CC(N)(Cc1cn2ccsc2n1)c1cc(F)c(Cl)cc1Cl. The zero-order valence-electron chi connectivity index (χ0n) is 11.1. The van der Waals surface area contributed by atoms with Gasteiger partial charge in [-0.1, -0.05) is 23.2 Å². The van der Waals surface area contributed by atoms with Crippen LogP contribution in [0.25, 0.3) is 4.96 Å². The summed E-state index contributed by atoms with van der Waals surface area (Å²) < 4.78 is 15.6. The molecule has 0 aliphatic carbocycles. The maximum atomic E-state index is 13.7. The summed E-state index contributed by atoms with van der Waals surface area (Å²) in [5, 5.41) is 2.30. The first-order valence-electron chi connectivity index (χ1n) is 6.22. The minimum atomic E-state index is -0.841. The first-order valence-corrected chi connectivity index (χ1v) is 7.85. The van der Waals surface area contributed by atoms with Crippen LogP contribution >= 0.6 is 34.5 Å². The Morgan fingerprint density at radius 3 is 2.86 bits per heavy atom. The lowest BCUT2D eigenvalue weighted by Crippen LogP contribution is -2.36. The third-order valence-electron chi connectivity index (χ3n) is 3.32. The number of imidazole rings is 1. The zero-order chi connectivity index (χ0) is 15.2. The summed E-state index contributed by atoms with van der Waals surface area (Å²) in [6, 6.07) is 2.67. The van der Waals surface area contributed by atoms with Crippen molar-refractivity contribution in [3.8, 4) is 0 Å². The van der Waals surface area contributed by atoms with Crippen LogP contribution in [0.5, 0.6) is 0 Å². The normalized spacial score (nSPS) is 14.5. The Balaban J connectivity index is 1.96. The van der Waals surface area contributed by atoms with Gasteiger partial charge in [0, 0.05) is 34.8 Å². The van der Waals surface area contributed by atoms with Gasteiger partial charge in [0.25, 0.3) is 0 Å². The largest absolute Gasteiger partial charge is 0.321 e. The molecule has 1 atom stereocenters. The van der Waals surface area contributed by atoms with Crippen LogP contribution < -0.4 is 5.73 Å². The highest BCUT2D eigenvalue weighted by Crippen LogP contribution is 2.32. The van der Waals surface area contributed by atoms with E-state index in [-0.39, 0.29) is 5.02 Å². The van der Waals surface area contributed by atoms with Crippen molar-refractivity contribution < 1.29 is 4.39 Å². The van der Waals surface area contributed by atoms with Crippen LogP contribution in [0.15, 0.2) is 29.9 Å². The molecule has 0 aliphatic rings. The Bertz CT molecular complexity index is 781. The average Bonchev–Trinajstić information content (AvgIpc) is 2.93. The number of aromatic nitrogens is 2. The van der Waals surface area contributed by atoms with Gasteiger partial charge >= 0.3 is 0 Å². The molecule has 0 fully saturated rings. The molecular formula is C14H12Cl2FN3S. The van der Waals surface area contributed by atoms with Gasteiger partial charge in [-0.05, 0) is 24.6 Å². The van der Waals surface area contributed by atoms with Gasteiger partial charge in [-0.3, -0.25) is 4.40 Å². The molecule has 0 radical (unpaired) electrons. The van der Waals surface area contributed by atoms with Gasteiger partial charge in [0.15, 0.2) is 4.96 Å². The maximum absolute atomic E-state index is 13.7. The van der Waals surface area contributed by atoms with Crippen LogP contribution in [0, 0.1) is 5.82 Å². The van der Waals surface area contributed by atoms with Crippen LogP contribution in [0.1, 0.15) is 18.2 Å². The molecule has 0 saturated carbocycles. The molecule has 2 aromatic heterocycles. The van der Waals surface area contributed by atoms with Crippen LogP contribution in [-0.4, -0.2) is 9.38 Å². The summed E-state index contributed by atoms with van der Waals surface area (Å²) in [6.45, 7) is 1.80. The Hall–Kier alpha value is -1.14. The summed E-state index contributed by atoms with van der Waals surface area (Å²) >= 11 is 13.4. The second-order valence-electron chi connectivity index (χ2n) is 5.17. The summed E-state index contributed by atoms with van der Waals surface area (Å²) in [7, 11) is 0. The Morgan fingerprint density at radius 2 is 2.14 bits per heavy atom. The first-order chi connectivity index (χ1) is 9.87. The van der Waals surface area contributed by atoms with Crippen LogP contribution in [-0.2, 0) is 12.0 Å². The highest BCUT2D eigenvalue weighted by molar-refractivity contribution is 7.15. The van der Waals surface area contributed by atoms with Gasteiger partial charge in [0.1, 0.15) is 5.82 Å².